The highest BCUT2D eigenvalue weighted by molar-refractivity contribution is 6.41. The van der Waals surface area contributed by atoms with Crippen LogP contribution < -0.4 is 0 Å². The molecule has 3 aliphatic rings. The fourth-order valence-corrected chi connectivity index (χ4v) is 5.67. The summed E-state index contributed by atoms with van der Waals surface area (Å²) in [6.45, 7) is 1.66. The Morgan fingerprint density at radius 2 is 1.69 bits per heavy atom. The first kappa shape index (κ1) is 23.6. The molecule has 172 valence electrons. The Hall–Kier alpha value is -1.54. The molecule has 3 nitrogen and oxygen atoms in total. The van der Waals surface area contributed by atoms with Gasteiger partial charge in [0.05, 0.1) is 27.2 Å². The Morgan fingerprint density at radius 1 is 1.06 bits per heavy atom. The van der Waals surface area contributed by atoms with Gasteiger partial charge in [-0.2, -0.15) is 13.2 Å². The number of halogens is 7. The molecule has 2 bridgehead atoms. The summed E-state index contributed by atoms with van der Waals surface area (Å²) in [7, 11) is 0. The van der Waals surface area contributed by atoms with Gasteiger partial charge >= 0.3 is 6.18 Å². The second-order valence-electron chi connectivity index (χ2n) is 8.18. The lowest BCUT2D eigenvalue weighted by atomic mass is 9.79. The molecule has 1 amide bonds. The lowest BCUT2D eigenvalue weighted by Crippen LogP contribution is -2.54. The van der Waals surface area contributed by atoms with Crippen molar-refractivity contribution in [2.24, 2.45) is 5.92 Å². The van der Waals surface area contributed by atoms with Gasteiger partial charge in [-0.15, -0.1) is 0 Å². The summed E-state index contributed by atoms with van der Waals surface area (Å²) >= 11 is 18.6. The molecule has 0 aromatic heterocycles. The van der Waals surface area contributed by atoms with Gasteiger partial charge in [0.2, 0.25) is 0 Å². The summed E-state index contributed by atoms with van der Waals surface area (Å²) < 4.78 is 54.5. The molecule has 2 aromatic rings. The minimum atomic E-state index is -4.77. The van der Waals surface area contributed by atoms with E-state index in [0.29, 0.717) is 11.5 Å². The zero-order valence-corrected chi connectivity index (χ0v) is 18.9. The van der Waals surface area contributed by atoms with Crippen LogP contribution in [0.5, 0.6) is 0 Å². The van der Waals surface area contributed by atoms with E-state index in [9.17, 15) is 22.4 Å². The Labute approximate surface area is 197 Å². The molecule has 5 rings (SSSR count). The topological polar surface area (TPSA) is 23.6 Å². The molecule has 0 aliphatic carbocycles. The minimum absolute atomic E-state index is 0.169. The van der Waals surface area contributed by atoms with Gasteiger partial charge < -0.3 is 0 Å². The molecule has 10 heteroatoms. The van der Waals surface area contributed by atoms with E-state index in [0.717, 1.165) is 48.9 Å². The number of nitrogens with zero attached hydrogens (tertiary/aromatic N) is 2. The number of carbonyl (C=O) groups is 1. The van der Waals surface area contributed by atoms with Crippen LogP contribution in [0.1, 0.15) is 46.8 Å². The standard InChI is InChI=1S/C22H19Cl3F4N2O/c23-16-6-5-15(22(27,28)29)19(24)18(16)21(32)31(25)20(13-1-3-14(26)4-2-13)17-11-12-7-9-30(17)10-8-12/h1-6,12,17,20H,7-11H2/t17-,20-/m0/s1. The highest BCUT2D eigenvalue weighted by Gasteiger charge is 2.43. The molecule has 3 heterocycles. The van der Waals surface area contributed by atoms with Crippen LogP contribution in [0.2, 0.25) is 10.0 Å². The van der Waals surface area contributed by atoms with Crippen molar-refractivity contribution < 1.29 is 22.4 Å². The Kier molecular flexibility index (Phi) is 6.65. The number of hydrogen-bond donors (Lipinski definition) is 0. The van der Waals surface area contributed by atoms with Crippen LogP contribution in [0.3, 0.4) is 0 Å². The van der Waals surface area contributed by atoms with Gasteiger partial charge in [0, 0.05) is 17.8 Å². The molecule has 0 unspecified atom stereocenters. The van der Waals surface area contributed by atoms with Gasteiger partial charge in [0.1, 0.15) is 5.82 Å². The predicted octanol–water partition coefficient (Wildman–Crippen LogP) is 6.97. The Morgan fingerprint density at radius 3 is 2.22 bits per heavy atom. The lowest BCUT2D eigenvalue weighted by molar-refractivity contribution is -0.137. The zero-order valence-electron chi connectivity index (χ0n) is 16.7. The first-order valence-electron chi connectivity index (χ1n) is 10.1. The van der Waals surface area contributed by atoms with Gasteiger partial charge in [-0.1, -0.05) is 35.3 Å². The van der Waals surface area contributed by atoms with Gasteiger partial charge in [-0.3, -0.25) is 9.69 Å². The molecule has 32 heavy (non-hydrogen) atoms. The van der Waals surface area contributed by atoms with Crippen molar-refractivity contribution >= 4 is 40.9 Å². The molecule has 0 N–H and O–H groups in total. The van der Waals surface area contributed by atoms with Crippen molar-refractivity contribution in [3.8, 4) is 0 Å². The maximum absolute atomic E-state index is 13.6. The minimum Gasteiger partial charge on any atom is -0.298 e. The van der Waals surface area contributed by atoms with E-state index in [-0.39, 0.29) is 11.1 Å². The third-order valence-corrected chi connectivity index (χ3v) is 7.39. The molecule has 2 aromatic carbocycles. The first-order chi connectivity index (χ1) is 15.1. The SMILES string of the molecule is O=C(c1c(Cl)ccc(C(F)(F)F)c1Cl)N(Cl)[C@@H](c1ccc(F)cc1)[C@@H]1CC2CCN1CC2. The van der Waals surface area contributed by atoms with Crippen LogP contribution in [-0.4, -0.2) is 34.4 Å². The Bertz CT molecular complexity index is 1010. The van der Waals surface area contributed by atoms with Gasteiger partial charge in [0.25, 0.3) is 5.91 Å². The summed E-state index contributed by atoms with van der Waals surface area (Å²) in [4.78, 5) is 15.6. The smallest absolute Gasteiger partial charge is 0.298 e. The maximum Gasteiger partial charge on any atom is 0.417 e. The van der Waals surface area contributed by atoms with E-state index in [4.69, 9.17) is 35.0 Å². The maximum atomic E-state index is 13.6. The van der Waals surface area contributed by atoms with E-state index in [1.807, 2.05) is 0 Å². The highest BCUT2D eigenvalue weighted by atomic mass is 35.5. The van der Waals surface area contributed by atoms with Crippen molar-refractivity contribution in [1.82, 2.24) is 9.32 Å². The fraction of sp³-hybridized carbons (Fsp3) is 0.409. The monoisotopic (exact) mass is 508 g/mol. The molecule has 3 aliphatic heterocycles. The van der Waals surface area contributed by atoms with Crippen molar-refractivity contribution in [2.75, 3.05) is 13.1 Å². The third-order valence-electron chi connectivity index (χ3n) is 6.32. The summed E-state index contributed by atoms with van der Waals surface area (Å²) in [5.41, 5.74) is -1.11. The fourth-order valence-electron chi connectivity index (χ4n) is 4.70. The van der Waals surface area contributed by atoms with Crippen molar-refractivity contribution in [3.05, 3.63) is 69.0 Å². The van der Waals surface area contributed by atoms with Gasteiger partial charge in [-0.25, -0.2) is 8.81 Å². The largest absolute Gasteiger partial charge is 0.417 e. The van der Waals surface area contributed by atoms with Crippen LogP contribution in [0.25, 0.3) is 0 Å². The highest BCUT2D eigenvalue weighted by Crippen LogP contribution is 2.44. The summed E-state index contributed by atoms with van der Waals surface area (Å²) in [6, 6.07) is 6.39. The van der Waals surface area contributed by atoms with E-state index >= 15 is 0 Å². The van der Waals surface area contributed by atoms with Crippen LogP contribution >= 0.6 is 35.0 Å². The predicted molar refractivity (Wildman–Crippen MR) is 115 cm³/mol. The third kappa shape index (κ3) is 4.45. The number of hydrogen-bond acceptors (Lipinski definition) is 2. The number of fused-ring (bicyclic) bond motifs is 3. The molecule has 3 saturated heterocycles. The number of amides is 1. The van der Waals surface area contributed by atoms with E-state index < -0.39 is 40.1 Å². The molecule has 0 radical (unpaired) electrons. The number of rotatable bonds is 4. The quantitative estimate of drug-likeness (QED) is 0.328. The zero-order chi connectivity index (χ0) is 23.2. The molecule has 0 spiro atoms. The van der Waals surface area contributed by atoms with Gasteiger partial charge in [0.15, 0.2) is 0 Å². The number of carbonyl (C=O) groups excluding carboxylic acids is 1. The second kappa shape index (κ2) is 9.01. The number of alkyl halides is 3. The van der Waals surface area contributed by atoms with Gasteiger partial charge in [-0.05, 0) is 68.1 Å². The normalized spacial score (nSPS) is 23.8. The van der Waals surface area contributed by atoms with E-state index in [2.05, 4.69) is 4.90 Å². The second-order valence-corrected chi connectivity index (χ2v) is 9.33. The molecule has 2 atom stereocenters. The molecule has 3 fully saturated rings. The molecular weight excluding hydrogens is 491 g/mol. The van der Waals surface area contributed by atoms with E-state index in [1.54, 1.807) is 0 Å². The van der Waals surface area contributed by atoms with Crippen LogP contribution in [-0.2, 0) is 6.18 Å². The van der Waals surface area contributed by atoms with E-state index in [1.165, 1.54) is 24.3 Å². The van der Waals surface area contributed by atoms with Crippen LogP contribution in [0, 0.1) is 11.7 Å². The van der Waals surface area contributed by atoms with Crippen molar-refractivity contribution in [3.63, 3.8) is 0 Å². The summed E-state index contributed by atoms with van der Waals surface area (Å²) in [5, 5.41) is -1.04. The average molecular weight is 510 g/mol. The summed E-state index contributed by atoms with van der Waals surface area (Å²) in [5.74, 6) is -0.923. The number of benzene rings is 2. The average Bonchev–Trinajstić information content (AvgIpc) is 2.75. The van der Waals surface area contributed by atoms with Crippen molar-refractivity contribution in [2.45, 2.75) is 37.5 Å². The summed E-state index contributed by atoms with van der Waals surface area (Å²) in [6.07, 6.45) is -1.93. The molecule has 0 saturated carbocycles. The lowest BCUT2D eigenvalue weighted by Gasteiger charge is -2.49. The van der Waals surface area contributed by atoms with Crippen LogP contribution in [0.15, 0.2) is 36.4 Å². The molecular formula is C22H19Cl3F4N2O. The first-order valence-corrected chi connectivity index (χ1v) is 11.2. The Balaban J connectivity index is 1.75. The van der Waals surface area contributed by atoms with Crippen LogP contribution in [0.4, 0.5) is 17.6 Å². The van der Waals surface area contributed by atoms with Crippen molar-refractivity contribution in [1.29, 1.82) is 0 Å². The number of piperidine rings is 3.